The number of rotatable bonds is 15. The summed E-state index contributed by atoms with van der Waals surface area (Å²) in [5.74, 6) is 8.37. The predicted octanol–water partition coefficient (Wildman–Crippen LogP) is 14.8. The van der Waals surface area contributed by atoms with Crippen molar-refractivity contribution in [2.45, 2.75) is 52.4 Å². The molecule has 5 aliphatic heterocycles. The van der Waals surface area contributed by atoms with E-state index in [1.807, 2.05) is 159 Å². The summed E-state index contributed by atoms with van der Waals surface area (Å²) < 4.78 is 39.2. The molecule has 43 heteroatoms. The topological polar surface area (TPSA) is 520 Å². The number of H-pyrrole nitrogens is 5. The van der Waals surface area contributed by atoms with Crippen LogP contribution in [0.1, 0.15) is 105 Å². The molecule has 20 heterocycles. The molecular weight excluding hydrogens is 1800 g/mol. The number of pyridine rings is 5. The average molecular weight is 1890 g/mol. The maximum Gasteiger partial charge on any atom is 0.276 e. The van der Waals surface area contributed by atoms with Crippen molar-refractivity contribution in [2.24, 2.45) is 11.8 Å². The minimum atomic E-state index is -2.07. The molecule has 5 aromatic carbocycles. The average Bonchev–Trinajstić information content (AvgIpc) is 1.67. The summed E-state index contributed by atoms with van der Waals surface area (Å²) in [6.07, 6.45) is 14.9. The quantitative estimate of drug-likeness (QED) is 0.0426. The molecule has 5 amide bonds. The number of anilines is 10. The highest BCUT2D eigenvalue weighted by Crippen LogP contribution is 2.36. The largest absolute Gasteiger partial charge is 0.355 e. The van der Waals surface area contributed by atoms with Gasteiger partial charge in [-0.2, -0.15) is 25.5 Å². The SMILES string of the molecule is C=S1(=O)CCN(C(=O)c2noc3cc(Nc4n[nH]c5cccnc45)ccc23)CC1.CC1CCN(C(=O)c2noc3cc(Nc4n[nH]c5cccnc45)ccc23)CC1.CN1CCN(C(=O)c2noc3cc(Nc4n[nH]c5cccnc45)ccc23)CC1.C[C@H]1CCN(C(=O)c2noc3cc(Nc4n[nH]c5cccnc45)ccc23)C1.O=C(c1noc2cc(Nc3n[nH]c4cccnc34)ccc12)N1CCCCC1. The third-order valence-corrected chi connectivity index (χ3v) is 27.1. The summed E-state index contributed by atoms with van der Waals surface area (Å²) in [6.45, 7) is 13.0. The van der Waals surface area contributed by atoms with Gasteiger partial charge in [0.05, 0.1) is 54.5 Å². The Hall–Kier alpha value is -17.1. The van der Waals surface area contributed by atoms with Gasteiger partial charge < -0.3 is 78.6 Å². The molecule has 0 unspecified atom stereocenters. The zero-order chi connectivity index (χ0) is 94.8. The van der Waals surface area contributed by atoms with E-state index in [0.29, 0.717) is 140 Å². The van der Waals surface area contributed by atoms with Gasteiger partial charge in [0, 0.05) is 180 Å². The molecule has 10 N–H and O–H groups in total. The van der Waals surface area contributed by atoms with Crippen molar-refractivity contribution >= 4 is 212 Å². The molecule has 15 aromatic heterocycles. The number of piperazine rings is 1. The van der Waals surface area contributed by atoms with Crippen LogP contribution in [0, 0.1) is 11.8 Å². The van der Waals surface area contributed by atoms with E-state index in [4.69, 9.17) is 22.6 Å². The molecule has 5 aliphatic rings. The van der Waals surface area contributed by atoms with Gasteiger partial charge in [-0.1, -0.05) is 39.6 Å². The number of nitrogens with zero attached hydrogens (tertiary/aromatic N) is 21. The van der Waals surface area contributed by atoms with Gasteiger partial charge in [0.1, 0.15) is 27.6 Å². The number of nitrogens with one attached hydrogen (secondary N) is 10. The van der Waals surface area contributed by atoms with Gasteiger partial charge >= 0.3 is 0 Å². The monoisotopic (exact) mass is 1890 g/mol. The second-order valence-electron chi connectivity index (χ2n) is 34.9. The maximum atomic E-state index is 12.8. The Morgan fingerprint density at radius 1 is 0.331 bits per heavy atom. The lowest BCUT2D eigenvalue weighted by Crippen LogP contribution is -2.47. The van der Waals surface area contributed by atoms with Gasteiger partial charge in [0.15, 0.2) is 85.5 Å². The molecule has 5 fully saturated rings. The molecule has 1 atom stereocenters. The van der Waals surface area contributed by atoms with Gasteiger partial charge in [-0.3, -0.25) is 78.6 Å². The Balaban J connectivity index is 0.000000103. The number of hydrogen-bond acceptors (Lipinski definition) is 32. The van der Waals surface area contributed by atoms with Crippen molar-refractivity contribution in [3.8, 4) is 0 Å². The van der Waals surface area contributed by atoms with Crippen LogP contribution in [0.2, 0.25) is 0 Å². The lowest BCUT2D eigenvalue weighted by atomic mass is 9.99. The number of carbonyl (C=O) groups excluding carboxylic acids is 5. The van der Waals surface area contributed by atoms with E-state index >= 15 is 0 Å². The number of fused-ring (bicyclic) bond motifs is 10. The highest BCUT2D eigenvalue weighted by atomic mass is 32.2. The van der Waals surface area contributed by atoms with Crippen molar-refractivity contribution in [3.05, 3.63) is 211 Å². The summed E-state index contributed by atoms with van der Waals surface area (Å²) in [7, 11) is -0.0109. The van der Waals surface area contributed by atoms with Crippen LogP contribution in [0.25, 0.3) is 110 Å². The van der Waals surface area contributed by atoms with Crippen molar-refractivity contribution < 1.29 is 50.8 Å². The highest BCUT2D eigenvalue weighted by molar-refractivity contribution is 8.00. The molecule has 0 saturated carbocycles. The zero-order valence-electron chi connectivity index (χ0n) is 75.6. The smallest absolute Gasteiger partial charge is 0.276 e. The van der Waals surface area contributed by atoms with E-state index in [-0.39, 0.29) is 35.2 Å². The molecule has 42 nitrogen and oxygen atoms in total. The van der Waals surface area contributed by atoms with Crippen molar-refractivity contribution in [2.75, 3.05) is 124 Å². The van der Waals surface area contributed by atoms with Gasteiger partial charge in [0.2, 0.25) is 0 Å². The van der Waals surface area contributed by atoms with Crippen LogP contribution < -0.4 is 26.6 Å². The number of amides is 5. The second-order valence-corrected chi connectivity index (χ2v) is 37.7. The number of hydrogen-bond donors (Lipinski definition) is 10. The predicted molar refractivity (Wildman–Crippen MR) is 524 cm³/mol. The van der Waals surface area contributed by atoms with E-state index in [1.54, 1.807) is 48.0 Å². The molecule has 139 heavy (non-hydrogen) atoms. The molecule has 0 bridgehead atoms. The molecule has 20 aromatic rings. The lowest BCUT2D eigenvalue weighted by molar-refractivity contribution is 0.0653. The summed E-state index contributed by atoms with van der Waals surface area (Å²) >= 11 is 0. The fraction of sp³-hybridized carbons (Fsp3) is 0.260. The first-order valence-corrected chi connectivity index (χ1v) is 47.7. The van der Waals surface area contributed by atoms with Gasteiger partial charge in [0.25, 0.3) is 29.5 Å². The van der Waals surface area contributed by atoms with Crippen LogP contribution in [0.4, 0.5) is 57.5 Å². The van der Waals surface area contributed by atoms with Gasteiger partial charge in [-0.15, -0.1) is 0 Å². The minimum absolute atomic E-state index is 0.0587. The van der Waals surface area contributed by atoms with Gasteiger partial charge in [-0.05, 0) is 194 Å². The fourth-order valence-corrected chi connectivity index (χ4v) is 18.7. The third kappa shape index (κ3) is 18.7. The number of carbonyl (C=O) groups is 5. The standard InChI is InChI=1S/C20H20N6O2.C19H19N7O2.C19H18N6O3S.2C19H18N6O2/c1-12-6-9-26(10-7-12)20(27)17-14-5-4-13(11-16(14)28-25-17)22-19-18-15(23-24-19)3-2-8-21-18;1-25-7-9-26(10-8-25)19(27)16-13-5-4-12(11-15(13)28-24-16)21-18-17-14(22-23-18)3-2-6-20-17;1-29(27)9-7-25(8-10-29)19(26)16-13-5-4-12(11-15(13)28-24-16)21-18-17-14(22-23-18)3-2-6-20-17;1-11-6-8-25(10-11)19(26)16-13-5-4-12(9-15(13)27-24-16)21-18-17-14(22-23-18)3-2-7-20-17;26-19(25-9-2-1-3-10-25)16-13-7-6-12(11-15(13)27-24-16)21-18-17-14(22-23-18)5-4-8-20-17/h2-5,8,11-12H,6-7,9-10H2,1H3,(H2,22,23,24);2-6,11H,7-10H2,1H3,(H2,21,22,23);2-6,11H,1,7-10H2,(H2,21,22,23);2-5,7,9,11H,6,8,10H2,1H3,(H2,21,22,23);4-8,11H,1-3,9-10H2,(H2,21,22,23)/t;;;11-;/m...0./s1. The number of likely N-dealkylation sites (N-methyl/N-ethyl adjacent to an activating group) is 1. The first-order valence-electron chi connectivity index (χ1n) is 45.6. The number of likely N-dealkylation sites (tertiary alicyclic amines) is 3. The van der Waals surface area contributed by atoms with Crippen LogP contribution in [-0.2, 0) is 9.52 Å². The second kappa shape index (κ2) is 38.3. The Bertz CT molecular complexity index is 7740. The number of aromatic amines is 5. The van der Waals surface area contributed by atoms with Crippen LogP contribution >= 0.6 is 0 Å². The zero-order valence-corrected chi connectivity index (χ0v) is 76.4. The van der Waals surface area contributed by atoms with Crippen LogP contribution in [0.3, 0.4) is 0 Å². The van der Waals surface area contributed by atoms with Crippen molar-refractivity contribution in [1.29, 1.82) is 0 Å². The number of aromatic nitrogens is 20. The first-order chi connectivity index (χ1) is 67.9. The molecule has 0 spiro atoms. The molecule has 0 radical (unpaired) electrons. The fourth-order valence-electron chi connectivity index (χ4n) is 17.4. The molecule has 25 rings (SSSR count). The highest BCUT2D eigenvalue weighted by Gasteiger charge is 2.33. The lowest BCUT2D eigenvalue weighted by Gasteiger charge is -2.31. The molecule has 5 saturated heterocycles. The Labute approximate surface area is 789 Å². The summed E-state index contributed by atoms with van der Waals surface area (Å²) in [5, 5.41) is 75.7. The summed E-state index contributed by atoms with van der Waals surface area (Å²) in [6, 6.07) is 46.4. The number of benzene rings is 5. The van der Waals surface area contributed by atoms with Crippen molar-refractivity contribution in [1.82, 2.24) is 131 Å². The van der Waals surface area contributed by atoms with E-state index < -0.39 is 9.52 Å². The molecule has 704 valence electrons. The minimum Gasteiger partial charge on any atom is -0.355 e. The van der Waals surface area contributed by atoms with Crippen LogP contribution in [0.15, 0.2) is 205 Å². The summed E-state index contributed by atoms with van der Waals surface area (Å²) in [4.78, 5) is 96.8. The normalized spacial score (nSPS) is 15.8. The molecular formula is C96H93N31O11S. The number of piperidine rings is 2. The summed E-state index contributed by atoms with van der Waals surface area (Å²) in [5.41, 5.74) is 16.4. The van der Waals surface area contributed by atoms with E-state index in [9.17, 15) is 28.2 Å². The van der Waals surface area contributed by atoms with Crippen molar-refractivity contribution in [3.63, 3.8) is 0 Å². The van der Waals surface area contributed by atoms with E-state index in [2.05, 4.69) is 160 Å². The van der Waals surface area contributed by atoms with E-state index in [0.717, 1.165) is 184 Å². The van der Waals surface area contributed by atoms with Gasteiger partial charge in [-0.25, -0.2) is 0 Å². The van der Waals surface area contributed by atoms with Crippen LogP contribution in [-0.4, -0.2) is 268 Å². The first kappa shape index (κ1) is 88.5. The molecule has 0 aliphatic carbocycles. The maximum absolute atomic E-state index is 12.8. The van der Waals surface area contributed by atoms with E-state index in [1.165, 1.54) is 6.42 Å². The third-order valence-electron chi connectivity index (χ3n) is 25.3. The Morgan fingerprint density at radius 2 is 0.590 bits per heavy atom. The Kier molecular flexibility index (Phi) is 24.4. The van der Waals surface area contributed by atoms with Crippen LogP contribution in [0.5, 0.6) is 0 Å². The Morgan fingerprint density at radius 3 is 0.878 bits per heavy atom.